The molecule has 0 aliphatic carbocycles. The van der Waals surface area contributed by atoms with Crippen LogP contribution < -0.4 is 0 Å². The maximum Gasteiger partial charge on any atom is 0.246 e. The highest BCUT2D eigenvalue weighted by Crippen LogP contribution is 2.32. The molecule has 4 rings (SSSR count). The van der Waals surface area contributed by atoms with Gasteiger partial charge < -0.3 is 4.74 Å². The van der Waals surface area contributed by atoms with Crippen LogP contribution >= 0.6 is 0 Å². The van der Waals surface area contributed by atoms with E-state index in [-0.39, 0.29) is 24.6 Å². The average Bonchev–Trinajstić information content (AvgIpc) is 3.15. The molecule has 8 nitrogen and oxygen atoms in total. The van der Waals surface area contributed by atoms with E-state index in [1.165, 1.54) is 22.8 Å². The zero-order valence-electron chi connectivity index (χ0n) is 17.4. The molecule has 1 fully saturated rings. The van der Waals surface area contributed by atoms with E-state index in [0.29, 0.717) is 29.2 Å². The molecule has 164 valence electrons. The molecule has 1 unspecified atom stereocenters. The molecule has 2 aromatic heterocycles. The van der Waals surface area contributed by atoms with E-state index < -0.39 is 21.9 Å². The SMILES string of the molecule is CCCn1cc(S(=O)(=O)N2CCOC(c3nccnc3-c3ccccc3F)C2)c(C)n1. The molecule has 0 bridgehead atoms. The van der Waals surface area contributed by atoms with Crippen LogP contribution in [-0.4, -0.2) is 52.2 Å². The molecule has 1 aliphatic heterocycles. The van der Waals surface area contributed by atoms with Gasteiger partial charge in [0, 0.05) is 43.8 Å². The molecule has 31 heavy (non-hydrogen) atoms. The molecule has 3 heterocycles. The van der Waals surface area contributed by atoms with Crippen molar-refractivity contribution in [3.63, 3.8) is 0 Å². The second kappa shape index (κ2) is 8.81. The lowest BCUT2D eigenvalue weighted by Crippen LogP contribution is -2.42. The topological polar surface area (TPSA) is 90.2 Å². The molecule has 0 saturated carbocycles. The molecule has 1 saturated heterocycles. The summed E-state index contributed by atoms with van der Waals surface area (Å²) in [4.78, 5) is 8.86. The van der Waals surface area contributed by atoms with Crippen LogP contribution in [0.1, 0.15) is 30.8 Å². The number of halogens is 1. The van der Waals surface area contributed by atoms with Crippen LogP contribution in [0.2, 0.25) is 0 Å². The first-order chi connectivity index (χ1) is 14.9. The Labute approximate surface area is 180 Å². The van der Waals surface area contributed by atoms with E-state index in [0.717, 1.165) is 6.42 Å². The maximum absolute atomic E-state index is 14.4. The highest BCUT2D eigenvalue weighted by molar-refractivity contribution is 7.89. The van der Waals surface area contributed by atoms with Gasteiger partial charge in [-0.2, -0.15) is 9.40 Å². The first-order valence-corrected chi connectivity index (χ1v) is 11.6. The van der Waals surface area contributed by atoms with Crippen LogP contribution in [0.25, 0.3) is 11.3 Å². The molecule has 1 atom stereocenters. The summed E-state index contributed by atoms with van der Waals surface area (Å²) in [6, 6.07) is 6.28. The zero-order chi connectivity index (χ0) is 22.0. The summed E-state index contributed by atoms with van der Waals surface area (Å²) < 4.78 is 49.9. The zero-order valence-corrected chi connectivity index (χ0v) is 18.2. The Morgan fingerprint density at radius 1 is 1.23 bits per heavy atom. The minimum Gasteiger partial charge on any atom is -0.369 e. The van der Waals surface area contributed by atoms with Gasteiger partial charge in [0.1, 0.15) is 16.8 Å². The standard InChI is InChI=1S/C21H24FN5O3S/c1-3-10-26-14-19(15(2)25-26)31(28,29)27-11-12-30-18(13-27)21-20(23-8-9-24-21)16-6-4-5-7-17(16)22/h4-9,14,18H,3,10-13H2,1-2H3. The second-order valence-corrected chi connectivity index (χ2v) is 9.24. The monoisotopic (exact) mass is 445 g/mol. The number of benzene rings is 1. The Balaban J connectivity index is 1.65. The second-order valence-electron chi connectivity index (χ2n) is 7.33. The van der Waals surface area contributed by atoms with E-state index in [4.69, 9.17) is 4.74 Å². The molecule has 0 radical (unpaired) electrons. The van der Waals surface area contributed by atoms with E-state index in [1.54, 1.807) is 36.0 Å². The Kier molecular flexibility index (Phi) is 6.12. The van der Waals surface area contributed by atoms with Gasteiger partial charge in [-0.25, -0.2) is 12.8 Å². The minimum absolute atomic E-state index is 0.0564. The van der Waals surface area contributed by atoms with Gasteiger partial charge in [0.25, 0.3) is 0 Å². The van der Waals surface area contributed by atoms with Crippen LogP contribution in [0.15, 0.2) is 47.8 Å². The molecule has 0 N–H and O–H groups in total. The third-order valence-corrected chi connectivity index (χ3v) is 7.13. The van der Waals surface area contributed by atoms with Gasteiger partial charge in [-0.1, -0.05) is 19.1 Å². The van der Waals surface area contributed by atoms with Crippen molar-refractivity contribution in [3.05, 3.63) is 60.1 Å². The highest BCUT2D eigenvalue weighted by atomic mass is 32.2. The lowest BCUT2D eigenvalue weighted by Gasteiger charge is -2.32. The van der Waals surface area contributed by atoms with Crippen molar-refractivity contribution in [2.75, 3.05) is 19.7 Å². The number of rotatable bonds is 6. The smallest absolute Gasteiger partial charge is 0.246 e. The largest absolute Gasteiger partial charge is 0.369 e. The van der Waals surface area contributed by atoms with Gasteiger partial charge in [-0.15, -0.1) is 0 Å². The molecule has 3 aromatic rings. The van der Waals surface area contributed by atoms with Crippen LogP contribution in [0, 0.1) is 12.7 Å². The van der Waals surface area contributed by atoms with E-state index in [1.807, 2.05) is 6.92 Å². The molecule has 10 heteroatoms. The lowest BCUT2D eigenvalue weighted by molar-refractivity contribution is -0.00479. The third-order valence-electron chi connectivity index (χ3n) is 5.16. The summed E-state index contributed by atoms with van der Waals surface area (Å²) in [7, 11) is -3.77. The predicted molar refractivity (Wildman–Crippen MR) is 112 cm³/mol. The Morgan fingerprint density at radius 3 is 2.77 bits per heavy atom. The number of sulfonamides is 1. The Bertz CT molecular complexity index is 1180. The quantitative estimate of drug-likeness (QED) is 0.580. The average molecular weight is 446 g/mol. The maximum atomic E-state index is 14.4. The van der Waals surface area contributed by atoms with Crippen molar-refractivity contribution in [2.24, 2.45) is 0 Å². The Hall–Kier alpha value is -2.69. The highest BCUT2D eigenvalue weighted by Gasteiger charge is 2.35. The number of nitrogens with zero attached hydrogens (tertiary/aromatic N) is 5. The van der Waals surface area contributed by atoms with Crippen LogP contribution in [0.4, 0.5) is 4.39 Å². The predicted octanol–water partition coefficient (Wildman–Crippen LogP) is 2.96. The molecule has 0 amide bonds. The lowest BCUT2D eigenvalue weighted by atomic mass is 10.1. The Morgan fingerprint density at radius 2 is 2.00 bits per heavy atom. The summed E-state index contributed by atoms with van der Waals surface area (Å²) >= 11 is 0. The van der Waals surface area contributed by atoms with Crippen molar-refractivity contribution < 1.29 is 17.5 Å². The minimum atomic E-state index is -3.77. The molecular weight excluding hydrogens is 421 g/mol. The summed E-state index contributed by atoms with van der Waals surface area (Å²) in [5, 5.41) is 4.32. The fraction of sp³-hybridized carbons (Fsp3) is 0.381. The third kappa shape index (κ3) is 4.23. The van der Waals surface area contributed by atoms with Gasteiger partial charge >= 0.3 is 0 Å². The van der Waals surface area contributed by atoms with Crippen molar-refractivity contribution in [3.8, 4) is 11.3 Å². The summed E-state index contributed by atoms with van der Waals surface area (Å²) in [5.74, 6) is -0.427. The van der Waals surface area contributed by atoms with Crippen molar-refractivity contribution >= 4 is 10.0 Å². The molecule has 1 aliphatic rings. The normalized spacial score (nSPS) is 17.7. The van der Waals surface area contributed by atoms with Gasteiger partial charge in [-0.05, 0) is 25.5 Å². The van der Waals surface area contributed by atoms with Crippen molar-refractivity contribution in [1.82, 2.24) is 24.1 Å². The first-order valence-electron chi connectivity index (χ1n) is 10.1. The summed E-state index contributed by atoms with van der Waals surface area (Å²) in [6.07, 6.45) is 4.74. The van der Waals surface area contributed by atoms with Gasteiger partial charge in [0.2, 0.25) is 10.0 Å². The molecule has 1 aromatic carbocycles. The summed E-state index contributed by atoms with van der Waals surface area (Å²) in [5.41, 5.74) is 1.51. The fourth-order valence-electron chi connectivity index (χ4n) is 3.69. The summed E-state index contributed by atoms with van der Waals surface area (Å²) in [6.45, 7) is 4.81. The molecule has 0 spiro atoms. The number of aryl methyl sites for hydroxylation is 2. The van der Waals surface area contributed by atoms with Gasteiger partial charge in [0.15, 0.2) is 0 Å². The number of ether oxygens (including phenoxy) is 1. The van der Waals surface area contributed by atoms with Crippen molar-refractivity contribution in [2.45, 2.75) is 37.8 Å². The van der Waals surface area contributed by atoms with Gasteiger partial charge in [-0.3, -0.25) is 14.6 Å². The van der Waals surface area contributed by atoms with Crippen LogP contribution in [-0.2, 0) is 21.3 Å². The first kappa shape index (κ1) is 21.5. The number of hydrogen-bond donors (Lipinski definition) is 0. The fourth-order valence-corrected chi connectivity index (χ4v) is 5.28. The van der Waals surface area contributed by atoms with Crippen LogP contribution in [0.3, 0.4) is 0 Å². The molecular formula is C21H24FN5O3S. The van der Waals surface area contributed by atoms with Crippen LogP contribution in [0.5, 0.6) is 0 Å². The van der Waals surface area contributed by atoms with Crippen molar-refractivity contribution in [1.29, 1.82) is 0 Å². The van der Waals surface area contributed by atoms with E-state index in [2.05, 4.69) is 15.1 Å². The van der Waals surface area contributed by atoms with Gasteiger partial charge in [0.05, 0.1) is 23.7 Å². The number of morpholine rings is 1. The number of hydrogen-bond acceptors (Lipinski definition) is 6. The number of aromatic nitrogens is 4. The van der Waals surface area contributed by atoms with E-state index >= 15 is 0 Å². The van der Waals surface area contributed by atoms with E-state index in [9.17, 15) is 12.8 Å².